The maximum absolute atomic E-state index is 16.7. The maximum atomic E-state index is 16.7. The van der Waals surface area contributed by atoms with Gasteiger partial charge in [0, 0.05) is 87.3 Å². The molecule has 4 fully saturated rings. The van der Waals surface area contributed by atoms with Crippen molar-refractivity contribution in [1.29, 1.82) is 0 Å². The van der Waals surface area contributed by atoms with Crippen molar-refractivity contribution in [3.8, 4) is 51.2 Å². The molecule has 2 aromatic heterocycles. The predicted octanol–water partition coefficient (Wildman–Crippen LogP) is 4.40. The van der Waals surface area contributed by atoms with Crippen molar-refractivity contribution >= 4 is 11.8 Å². The molecule has 1 unspecified atom stereocenters. The lowest BCUT2D eigenvalue weighted by atomic mass is 9.73. The monoisotopic (exact) mass is 719 g/mol. The van der Waals surface area contributed by atoms with Crippen molar-refractivity contribution in [2.45, 2.75) is 44.8 Å². The molecule has 0 bridgehead atoms. The minimum Gasteiger partial charge on any atom is -0.491 e. The number of methoxy groups -OCH3 is 2. The first-order chi connectivity index (χ1) is 25.6. The molecule has 5 aliphatic rings. The standard InChI is InChI=1S/C40H42FN7O5/c1-23-25(7-5-8-26(23)30-14-42-31(37(44-30)51-3)15-46-17-39(18-46)19-47(20-39)24(2)49)27-9-6-10-28(36(27)41)29-13-33-35(38(43-29)52-4)32(16-53-33)48-21-40(22-48)12-11-34(50)45-40/h5-10,13-14,32H,11-12,15-22H2,1-4H3,(H,45,50). The molecule has 2 amide bonds. The minimum absolute atomic E-state index is 0.0581. The molecule has 1 atom stereocenters. The van der Waals surface area contributed by atoms with Crippen LogP contribution in [0.2, 0.25) is 0 Å². The van der Waals surface area contributed by atoms with Gasteiger partial charge in [0.2, 0.25) is 23.6 Å². The number of carbonyl (C=O) groups excluding carboxylic acids is 2. The summed E-state index contributed by atoms with van der Waals surface area (Å²) in [6, 6.07) is 12.8. The molecule has 53 heavy (non-hydrogen) atoms. The van der Waals surface area contributed by atoms with E-state index in [1.165, 1.54) is 0 Å². The summed E-state index contributed by atoms with van der Waals surface area (Å²) in [5, 5.41) is 3.14. The number of likely N-dealkylation sites (tertiary alicyclic amines) is 3. The maximum Gasteiger partial charge on any atom is 0.237 e. The van der Waals surface area contributed by atoms with Gasteiger partial charge in [-0.05, 0) is 30.5 Å². The van der Waals surface area contributed by atoms with Gasteiger partial charge in [-0.2, -0.15) is 0 Å². The number of halogens is 1. The van der Waals surface area contributed by atoms with E-state index in [1.807, 2.05) is 36.1 Å². The highest BCUT2D eigenvalue weighted by Gasteiger charge is 2.53. The van der Waals surface area contributed by atoms with Gasteiger partial charge in [-0.3, -0.25) is 24.4 Å². The second-order valence-electron chi connectivity index (χ2n) is 15.4. The Morgan fingerprint density at radius 2 is 1.66 bits per heavy atom. The number of rotatable bonds is 8. The van der Waals surface area contributed by atoms with Crippen molar-refractivity contribution in [1.82, 2.24) is 35.0 Å². The molecule has 7 heterocycles. The van der Waals surface area contributed by atoms with Crippen LogP contribution in [-0.4, -0.2) is 107 Å². The molecule has 9 rings (SSSR count). The minimum atomic E-state index is -0.400. The van der Waals surface area contributed by atoms with E-state index in [0.29, 0.717) is 59.6 Å². The molecule has 274 valence electrons. The molecule has 4 saturated heterocycles. The summed E-state index contributed by atoms with van der Waals surface area (Å²) in [6.07, 6.45) is 3.16. The number of fused-ring (bicyclic) bond motifs is 1. The Morgan fingerprint density at radius 3 is 2.36 bits per heavy atom. The zero-order chi connectivity index (χ0) is 36.6. The summed E-state index contributed by atoms with van der Waals surface area (Å²) < 4.78 is 34.3. The van der Waals surface area contributed by atoms with E-state index in [0.717, 1.165) is 73.6 Å². The highest BCUT2D eigenvalue weighted by atomic mass is 19.1. The van der Waals surface area contributed by atoms with Crippen LogP contribution >= 0.6 is 0 Å². The summed E-state index contributed by atoms with van der Waals surface area (Å²) in [7, 11) is 3.17. The fourth-order valence-corrected chi connectivity index (χ4v) is 9.08. The van der Waals surface area contributed by atoms with Crippen molar-refractivity contribution < 1.29 is 28.2 Å². The zero-order valence-electron chi connectivity index (χ0n) is 30.4. The van der Waals surface area contributed by atoms with Gasteiger partial charge in [-0.25, -0.2) is 14.4 Å². The lowest BCUT2D eigenvalue weighted by Gasteiger charge is -2.60. The van der Waals surface area contributed by atoms with Gasteiger partial charge in [0.05, 0.1) is 48.9 Å². The van der Waals surface area contributed by atoms with Crippen molar-refractivity contribution in [3.63, 3.8) is 0 Å². The number of benzene rings is 2. The summed E-state index contributed by atoms with van der Waals surface area (Å²) in [4.78, 5) is 44.4. The Bertz CT molecular complexity index is 2160. The van der Waals surface area contributed by atoms with Crippen LogP contribution in [0, 0.1) is 18.2 Å². The molecule has 2 aromatic carbocycles. The number of amides is 2. The summed E-state index contributed by atoms with van der Waals surface area (Å²) in [5.74, 6) is 1.33. The van der Waals surface area contributed by atoms with Crippen LogP contribution in [0.25, 0.3) is 33.6 Å². The molecular formula is C40H42FN7O5. The number of nitrogens with one attached hydrogen (secondary N) is 1. The van der Waals surface area contributed by atoms with E-state index in [9.17, 15) is 9.59 Å². The van der Waals surface area contributed by atoms with Crippen molar-refractivity contribution in [3.05, 3.63) is 71.3 Å². The molecule has 0 aliphatic carbocycles. The van der Waals surface area contributed by atoms with Crippen LogP contribution in [0.4, 0.5) is 4.39 Å². The Hall–Kier alpha value is -5.14. The van der Waals surface area contributed by atoms with E-state index >= 15 is 4.39 Å². The van der Waals surface area contributed by atoms with Gasteiger partial charge >= 0.3 is 0 Å². The average molecular weight is 720 g/mol. The molecule has 4 aromatic rings. The van der Waals surface area contributed by atoms with Gasteiger partial charge in [-0.1, -0.05) is 30.3 Å². The van der Waals surface area contributed by atoms with Gasteiger partial charge in [0.15, 0.2) is 0 Å². The molecule has 2 spiro atoms. The fraction of sp³-hybridized carbons (Fsp3) is 0.425. The molecule has 5 aliphatic heterocycles. The van der Waals surface area contributed by atoms with Gasteiger partial charge in [0.1, 0.15) is 23.9 Å². The van der Waals surface area contributed by atoms with Crippen LogP contribution in [0.1, 0.15) is 42.6 Å². The SMILES string of the molecule is COc1nc(-c2cccc(-c3cccc(-c4cc5c(c(OC)n4)C(N4CC6(CCC(=O)N6)C4)CO5)c3F)c2C)cnc1CN1CC2(C1)CN(C(C)=O)C2. The van der Waals surface area contributed by atoms with E-state index < -0.39 is 5.82 Å². The molecule has 1 N–H and O–H groups in total. The Morgan fingerprint density at radius 1 is 0.962 bits per heavy atom. The molecule has 13 heteroatoms. The number of aromatic nitrogens is 3. The van der Waals surface area contributed by atoms with Crippen LogP contribution < -0.4 is 19.5 Å². The second kappa shape index (κ2) is 12.5. The third kappa shape index (κ3) is 5.59. The number of hydrogen-bond donors (Lipinski definition) is 1. The number of ether oxygens (including phenoxy) is 3. The number of hydrogen-bond acceptors (Lipinski definition) is 10. The third-order valence-corrected chi connectivity index (χ3v) is 11.8. The first-order valence-corrected chi connectivity index (χ1v) is 18.1. The Kier molecular flexibility index (Phi) is 7.93. The molecule has 12 nitrogen and oxygen atoms in total. The number of carbonyl (C=O) groups is 2. The van der Waals surface area contributed by atoms with E-state index in [2.05, 4.69) is 15.1 Å². The Balaban J connectivity index is 0.956. The summed E-state index contributed by atoms with van der Waals surface area (Å²) in [6.45, 7) is 9.58. The number of pyridine rings is 1. The average Bonchev–Trinajstić information content (AvgIpc) is 3.71. The highest BCUT2D eigenvalue weighted by molar-refractivity contribution is 5.81. The largest absolute Gasteiger partial charge is 0.491 e. The smallest absolute Gasteiger partial charge is 0.237 e. The van der Waals surface area contributed by atoms with Crippen LogP contribution in [0.3, 0.4) is 0 Å². The highest BCUT2D eigenvalue weighted by Crippen LogP contribution is 2.48. The normalized spacial score (nSPS) is 21.0. The predicted molar refractivity (Wildman–Crippen MR) is 194 cm³/mol. The second-order valence-corrected chi connectivity index (χ2v) is 15.4. The summed E-state index contributed by atoms with van der Waals surface area (Å²) >= 11 is 0. The first kappa shape index (κ1) is 33.7. The number of nitrogens with zero attached hydrogens (tertiary/aromatic N) is 6. The van der Waals surface area contributed by atoms with Gasteiger partial charge in [-0.15, -0.1) is 0 Å². The van der Waals surface area contributed by atoms with Crippen molar-refractivity contribution in [2.75, 3.05) is 60.1 Å². The molecular weight excluding hydrogens is 677 g/mol. The van der Waals surface area contributed by atoms with Crippen LogP contribution in [0.15, 0.2) is 48.7 Å². The molecule has 0 saturated carbocycles. The fourth-order valence-electron chi connectivity index (χ4n) is 9.08. The van der Waals surface area contributed by atoms with Crippen LogP contribution in [0.5, 0.6) is 17.5 Å². The van der Waals surface area contributed by atoms with E-state index in [1.54, 1.807) is 45.5 Å². The van der Waals surface area contributed by atoms with E-state index in [4.69, 9.17) is 29.2 Å². The molecule has 0 radical (unpaired) electrons. The lowest BCUT2D eigenvalue weighted by molar-refractivity contribution is -0.157. The van der Waals surface area contributed by atoms with Gasteiger partial charge < -0.3 is 24.4 Å². The van der Waals surface area contributed by atoms with E-state index in [-0.39, 0.29) is 28.8 Å². The lowest BCUT2D eigenvalue weighted by Crippen LogP contribution is -2.72. The zero-order valence-corrected chi connectivity index (χ0v) is 30.4. The van der Waals surface area contributed by atoms with Gasteiger partial charge in [0.25, 0.3) is 0 Å². The third-order valence-electron chi connectivity index (χ3n) is 11.8. The van der Waals surface area contributed by atoms with Crippen molar-refractivity contribution in [2.24, 2.45) is 5.41 Å². The first-order valence-electron chi connectivity index (χ1n) is 18.1. The quantitative estimate of drug-likeness (QED) is 0.281. The summed E-state index contributed by atoms with van der Waals surface area (Å²) in [5.41, 5.74) is 5.90. The Labute approximate surface area is 307 Å². The topological polar surface area (TPSA) is 122 Å². The van der Waals surface area contributed by atoms with Crippen LogP contribution in [-0.2, 0) is 16.1 Å².